The van der Waals surface area contributed by atoms with E-state index in [4.69, 9.17) is 24.9 Å². The van der Waals surface area contributed by atoms with Crippen molar-refractivity contribution in [3.63, 3.8) is 0 Å². The zero-order valence-electron chi connectivity index (χ0n) is 20.7. The van der Waals surface area contributed by atoms with Crippen molar-refractivity contribution in [2.24, 2.45) is 5.41 Å². The Morgan fingerprint density at radius 3 is 2.78 bits per heavy atom. The third-order valence-electron chi connectivity index (χ3n) is 7.35. The van der Waals surface area contributed by atoms with Gasteiger partial charge in [0.15, 0.2) is 5.82 Å². The number of rotatable bonds is 8. The first-order valence-electron chi connectivity index (χ1n) is 12.5. The van der Waals surface area contributed by atoms with Crippen LogP contribution in [0.15, 0.2) is 36.7 Å². The Balaban J connectivity index is 1.35. The Morgan fingerprint density at radius 1 is 1.25 bits per heavy atom. The molecule has 6 rings (SSSR count). The number of hydrogen-bond donors (Lipinski definition) is 3. The lowest BCUT2D eigenvalue weighted by molar-refractivity contribution is -0.0985. The van der Waals surface area contributed by atoms with Gasteiger partial charge in [-0.15, -0.1) is 0 Å². The van der Waals surface area contributed by atoms with Gasteiger partial charge in [0, 0.05) is 66.7 Å². The minimum Gasteiger partial charge on any atom is -0.495 e. The standard InChI is InChI=1S/C27H31N7O2/c1-29-12-20(11-28)18-5-6-21(23(10-18)35-2)32-26-30-13-19-9-22(17-3-4-17)31-25(24(19)33-26)34-8-7-27(14-34)15-36-16-27/h5-6,9-13,17,28-29H,3-4,7-8,14-16H2,1-2H3,(H,30,32,33)/b20-12+,28-11?. The number of hydrogen-bond acceptors (Lipinski definition) is 9. The van der Waals surface area contributed by atoms with Gasteiger partial charge in [0.05, 0.1) is 26.0 Å². The smallest absolute Gasteiger partial charge is 0.227 e. The fourth-order valence-electron chi connectivity index (χ4n) is 5.11. The largest absolute Gasteiger partial charge is 0.495 e. The van der Waals surface area contributed by atoms with E-state index in [-0.39, 0.29) is 5.41 Å². The molecule has 9 heteroatoms. The Morgan fingerprint density at radius 2 is 2.11 bits per heavy atom. The van der Waals surface area contributed by atoms with Crippen LogP contribution in [0.2, 0.25) is 0 Å². The van der Waals surface area contributed by atoms with E-state index < -0.39 is 0 Å². The molecule has 1 saturated carbocycles. The van der Waals surface area contributed by atoms with Gasteiger partial charge in [-0.1, -0.05) is 6.07 Å². The summed E-state index contributed by atoms with van der Waals surface area (Å²) >= 11 is 0. The number of pyridine rings is 1. The summed E-state index contributed by atoms with van der Waals surface area (Å²) in [5, 5.41) is 15.0. The van der Waals surface area contributed by atoms with Crippen LogP contribution >= 0.6 is 0 Å². The summed E-state index contributed by atoms with van der Waals surface area (Å²) in [4.78, 5) is 17.1. The van der Waals surface area contributed by atoms with E-state index in [0.29, 0.717) is 17.6 Å². The Labute approximate surface area is 210 Å². The first-order chi connectivity index (χ1) is 17.6. The van der Waals surface area contributed by atoms with Gasteiger partial charge in [-0.05, 0) is 43.0 Å². The maximum Gasteiger partial charge on any atom is 0.227 e. The molecule has 3 aromatic rings. The number of aromatic nitrogens is 3. The maximum atomic E-state index is 7.69. The van der Waals surface area contributed by atoms with Gasteiger partial charge < -0.3 is 30.4 Å². The molecule has 3 fully saturated rings. The van der Waals surface area contributed by atoms with Gasteiger partial charge >= 0.3 is 0 Å². The van der Waals surface area contributed by atoms with Crippen LogP contribution in [0.25, 0.3) is 16.5 Å². The molecule has 2 saturated heterocycles. The molecule has 4 heterocycles. The highest BCUT2D eigenvalue weighted by atomic mass is 16.5. The SMILES string of the molecule is CN/C=C(\C=N)c1ccc(Nc2ncc3cc(C4CC4)nc(N4CCC5(COC5)C4)c3n2)c(OC)c1. The second kappa shape index (κ2) is 9.05. The zero-order chi connectivity index (χ0) is 24.7. The highest BCUT2D eigenvalue weighted by molar-refractivity contribution is 6.08. The van der Waals surface area contributed by atoms with Gasteiger partial charge in [-0.3, -0.25) is 0 Å². The summed E-state index contributed by atoms with van der Waals surface area (Å²) in [5.74, 6) is 2.66. The number of benzene rings is 1. The molecule has 1 aliphatic carbocycles. The highest BCUT2D eigenvalue weighted by Crippen LogP contribution is 2.44. The number of fused-ring (bicyclic) bond motifs is 1. The van der Waals surface area contributed by atoms with Crippen molar-refractivity contribution in [1.82, 2.24) is 20.3 Å². The fraction of sp³-hybridized carbons (Fsp3) is 0.407. The second-order valence-corrected chi connectivity index (χ2v) is 10.0. The lowest BCUT2D eigenvalue weighted by atomic mass is 9.85. The topological polar surface area (TPSA) is 108 Å². The molecule has 1 spiro atoms. The average Bonchev–Trinajstić information content (AvgIpc) is 3.63. The predicted molar refractivity (Wildman–Crippen MR) is 141 cm³/mol. The lowest BCUT2D eigenvalue weighted by Crippen LogP contribution is -2.44. The third kappa shape index (κ3) is 4.13. The number of nitrogens with one attached hydrogen (secondary N) is 3. The normalized spacial score (nSPS) is 18.8. The van der Waals surface area contributed by atoms with Gasteiger partial charge in [-0.25, -0.2) is 15.0 Å². The quantitative estimate of drug-likeness (QED) is 0.410. The Bertz CT molecular complexity index is 1350. The first-order valence-corrected chi connectivity index (χ1v) is 12.5. The fourth-order valence-corrected chi connectivity index (χ4v) is 5.11. The van der Waals surface area contributed by atoms with Crippen molar-refractivity contribution in [3.05, 3.63) is 47.9 Å². The lowest BCUT2D eigenvalue weighted by Gasteiger charge is -2.37. The van der Waals surface area contributed by atoms with Crippen LogP contribution in [-0.2, 0) is 4.74 Å². The van der Waals surface area contributed by atoms with Crippen molar-refractivity contribution in [3.8, 4) is 5.75 Å². The molecule has 3 aliphatic rings. The molecule has 36 heavy (non-hydrogen) atoms. The maximum absolute atomic E-state index is 7.69. The van der Waals surface area contributed by atoms with Crippen molar-refractivity contribution in [2.45, 2.75) is 25.2 Å². The molecule has 0 unspecified atom stereocenters. The summed E-state index contributed by atoms with van der Waals surface area (Å²) in [6.07, 6.45) is 8.52. The average molecular weight is 486 g/mol. The van der Waals surface area contributed by atoms with E-state index in [1.54, 1.807) is 13.3 Å². The van der Waals surface area contributed by atoms with Gasteiger partial charge in [0.1, 0.15) is 11.3 Å². The molecule has 2 aromatic heterocycles. The van der Waals surface area contributed by atoms with Crippen LogP contribution in [0, 0.1) is 10.8 Å². The molecular weight excluding hydrogens is 454 g/mol. The molecule has 1 aromatic carbocycles. The summed E-state index contributed by atoms with van der Waals surface area (Å²) in [7, 11) is 3.44. The molecule has 0 bridgehead atoms. The molecular formula is C27H31N7O2. The summed E-state index contributed by atoms with van der Waals surface area (Å²) in [6.45, 7) is 3.60. The molecule has 0 atom stereocenters. The number of anilines is 3. The summed E-state index contributed by atoms with van der Waals surface area (Å²) < 4.78 is 11.2. The van der Waals surface area contributed by atoms with Crippen LogP contribution in [0.1, 0.15) is 36.4 Å². The molecule has 2 aliphatic heterocycles. The Hall–Kier alpha value is -3.72. The van der Waals surface area contributed by atoms with E-state index in [1.807, 2.05) is 31.4 Å². The van der Waals surface area contributed by atoms with Gasteiger partial charge in [0.25, 0.3) is 0 Å². The van der Waals surface area contributed by atoms with E-state index in [1.165, 1.54) is 19.1 Å². The van der Waals surface area contributed by atoms with Crippen molar-refractivity contribution in [2.75, 3.05) is 50.7 Å². The van der Waals surface area contributed by atoms with Gasteiger partial charge in [0.2, 0.25) is 5.95 Å². The van der Waals surface area contributed by atoms with Crippen LogP contribution in [-0.4, -0.2) is 61.6 Å². The second-order valence-electron chi connectivity index (χ2n) is 10.0. The number of nitrogens with zero attached hydrogens (tertiary/aromatic N) is 4. The van der Waals surface area contributed by atoms with E-state index in [2.05, 4.69) is 26.6 Å². The third-order valence-corrected chi connectivity index (χ3v) is 7.35. The van der Waals surface area contributed by atoms with Crippen molar-refractivity contribution in [1.29, 1.82) is 5.41 Å². The molecule has 186 valence electrons. The van der Waals surface area contributed by atoms with E-state index >= 15 is 0 Å². The van der Waals surface area contributed by atoms with Crippen LogP contribution in [0.5, 0.6) is 5.75 Å². The Kier molecular flexibility index (Phi) is 5.72. The van der Waals surface area contributed by atoms with Crippen LogP contribution in [0.4, 0.5) is 17.5 Å². The van der Waals surface area contributed by atoms with Crippen LogP contribution in [0.3, 0.4) is 0 Å². The predicted octanol–water partition coefficient (Wildman–Crippen LogP) is 4.09. The molecule has 9 nitrogen and oxygen atoms in total. The highest BCUT2D eigenvalue weighted by Gasteiger charge is 2.45. The minimum atomic E-state index is 0.268. The van der Waals surface area contributed by atoms with E-state index in [0.717, 1.165) is 72.0 Å². The number of allylic oxidation sites excluding steroid dienone is 1. The number of ether oxygens (including phenoxy) is 2. The molecule has 0 amide bonds. The zero-order valence-corrected chi connectivity index (χ0v) is 20.7. The molecule has 0 radical (unpaired) electrons. The number of methoxy groups -OCH3 is 1. The van der Waals surface area contributed by atoms with Gasteiger partial charge in [-0.2, -0.15) is 0 Å². The van der Waals surface area contributed by atoms with Crippen LogP contribution < -0.4 is 20.3 Å². The monoisotopic (exact) mass is 485 g/mol. The summed E-state index contributed by atoms with van der Waals surface area (Å²) in [6, 6.07) is 7.92. The van der Waals surface area contributed by atoms with Crippen molar-refractivity contribution >= 4 is 40.1 Å². The van der Waals surface area contributed by atoms with E-state index in [9.17, 15) is 0 Å². The van der Waals surface area contributed by atoms with Crippen molar-refractivity contribution < 1.29 is 9.47 Å². The first kappa shape index (κ1) is 22.7. The summed E-state index contributed by atoms with van der Waals surface area (Å²) in [5.41, 5.74) is 4.68. The minimum absolute atomic E-state index is 0.268. The molecule has 3 N–H and O–H groups in total.